The van der Waals surface area contributed by atoms with Crippen molar-refractivity contribution < 1.29 is 4.74 Å². The fraction of sp³-hybridized carbons (Fsp3) is 1.00. The SMILES string of the molecule is NCCSC1CCOC1. The van der Waals surface area contributed by atoms with Crippen molar-refractivity contribution in [1.82, 2.24) is 0 Å². The van der Waals surface area contributed by atoms with Gasteiger partial charge in [-0.3, -0.25) is 0 Å². The van der Waals surface area contributed by atoms with Crippen molar-refractivity contribution >= 4 is 11.8 Å². The lowest BCUT2D eigenvalue weighted by atomic mass is 10.4. The van der Waals surface area contributed by atoms with E-state index in [4.69, 9.17) is 10.5 Å². The average Bonchev–Trinajstić information content (AvgIpc) is 2.34. The van der Waals surface area contributed by atoms with Crippen LogP contribution in [0.3, 0.4) is 0 Å². The molecule has 0 spiro atoms. The molecule has 1 aliphatic heterocycles. The van der Waals surface area contributed by atoms with Gasteiger partial charge in [-0.25, -0.2) is 0 Å². The van der Waals surface area contributed by atoms with Gasteiger partial charge in [0.1, 0.15) is 0 Å². The Balaban J connectivity index is 1.98. The first-order chi connectivity index (χ1) is 4.43. The first-order valence-corrected chi connectivity index (χ1v) is 4.38. The molecule has 2 N–H and O–H groups in total. The summed E-state index contributed by atoms with van der Waals surface area (Å²) in [5, 5.41) is 0.730. The summed E-state index contributed by atoms with van der Waals surface area (Å²) in [6, 6.07) is 0. The highest BCUT2D eigenvalue weighted by atomic mass is 32.2. The minimum absolute atomic E-state index is 0.730. The number of ether oxygens (including phenoxy) is 1. The third-order valence-electron chi connectivity index (χ3n) is 1.36. The van der Waals surface area contributed by atoms with Gasteiger partial charge < -0.3 is 10.5 Å². The summed E-state index contributed by atoms with van der Waals surface area (Å²) in [7, 11) is 0. The molecular formula is C6H13NOS. The minimum Gasteiger partial charge on any atom is -0.380 e. The maximum atomic E-state index is 5.34. The Morgan fingerprint density at radius 3 is 3.11 bits per heavy atom. The molecule has 2 nitrogen and oxygen atoms in total. The van der Waals surface area contributed by atoms with Gasteiger partial charge in [-0.05, 0) is 6.42 Å². The fourth-order valence-electron chi connectivity index (χ4n) is 0.879. The van der Waals surface area contributed by atoms with E-state index in [1.807, 2.05) is 11.8 Å². The van der Waals surface area contributed by atoms with Gasteiger partial charge in [-0.15, -0.1) is 0 Å². The van der Waals surface area contributed by atoms with E-state index in [9.17, 15) is 0 Å². The van der Waals surface area contributed by atoms with Crippen molar-refractivity contribution in [2.24, 2.45) is 5.73 Å². The summed E-state index contributed by atoms with van der Waals surface area (Å²) >= 11 is 1.93. The van der Waals surface area contributed by atoms with Gasteiger partial charge in [-0.2, -0.15) is 11.8 Å². The zero-order valence-corrected chi connectivity index (χ0v) is 6.32. The minimum atomic E-state index is 0.730. The van der Waals surface area contributed by atoms with Crippen LogP contribution in [0.5, 0.6) is 0 Å². The molecule has 1 saturated heterocycles. The lowest BCUT2D eigenvalue weighted by molar-refractivity contribution is 0.199. The van der Waals surface area contributed by atoms with Crippen LogP contribution < -0.4 is 5.73 Å². The molecule has 1 heterocycles. The van der Waals surface area contributed by atoms with Crippen molar-refractivity contribution in [1.29, 1.82) is 0 Å². The van der Waals surface area contributed by atoms with Gasteiger partial charge in [0.15, 0.2) is 0 Å². The Morgan fingerprint density at radius 2 is 2.56 bits per heavy atom. The first-order valence-electron chi connectivity index (χ1n) is 3.33. The molecule has 54 valence electrons. The van der Waals surface area contributed by atoms with E-state index in [0.29, 0.717) is 0 Å². The molecular weight excluding hydrogens is 134 g/mol. The summed E-state index contributed by atoms with van der Waals surface area (Å²) in [5.74, 6) is 1.08. The Bertz CT molecular complexity index is 73.5. The monoisotopic (exact) mass is 147 g/mol. The Morgan fingerprint density at radius 1 is 1.67 bits per heavy atom. The van der Waals surface area contributed by atoms with Crippen LogP contribution in [-0.2, 0) is 4.74 Å². The zero-order chi connectivity index (χ0) is 6.53. The molecule has 0 bridgehead atoms. The summed E-state index contributed by atoms with van der Waals surface area (Å²) in [5.41, 5.74) is 5.34. The second-order valence-electron chi connectivity index (χ2n) is 2.15. The summed E-state index contributed by atoms with van der Waals surface area (Å²) in [6.07, 6.45) is 1.21. The highest BCUT2D eigenvalue weighted by molar-refractivity contribution is 7.99. The molecule has 0 saturated carbocycles. The van der Waals surface area contributed by atoms with Crippen molar-refractivity contribution in [2.45, 2.75) is 11.7 Å². The predicted octanol–water partition coefficient (Wildman–Crippen LogP) is 0.467. The topological polar surface area (TPSA) is 35.2 Å². The molecule has 9 heavy (non-hydrogen) atoms. The second kappa shape index (κ2) is 4.14. The maximum Gasteiger partial charge on any atom is 0.0585 e. The molecule has 1 atom stereocenters. The quantitative estimate of drug-likeness (QED) is 0.630. The fourth-order valence-corrected chi connectivity index (χ4v) is 1.80. The van der Waals surface area contributed by atoms with Crippen molar-refractivity contribution in [3.05, 3.63) is 0 Å². The van der Waals surface area contributed by atoms with Gasteiger partial charge >= 0.3 is 0 Å². The molecule has 3 heteroatoms. The maximum absolute atomic E-state index is 5.34. The normalized spacial score (nSPS) is 27.0. The molecule has 0 radical (unpaired) electrons. The Kier molecular flexibility index (Phi) is 3.40. The average molecular weight is 147 g/mol. The van der Waals surface area contributed by atoms with Crippen molar-refractivity contribution in [3.8, 4) is 0 Å². The predicted molar refractivity (Wildman–Crippen MR) is 40.7 cm³/mol. The molecule has 0 aromatic rings. The number of rotatable bonds is 3. The molecule has 0 aromatic heterocycles. The lowest BCUT2D eigenvalue weighted by Gasteiger charge is -2.03. The van der Waals surface area contributed by atoms with E-state index in [2.05, 4.69) is 0 Å². The van der Waals surface area contributed by atoms with E-state index in [1.165, 1.54) is 6.42 Å². The Hall–Kier alpha value is 0.270. The molecule has 0 aromatic carbocycles. The molecule has 0 amide bonds. The van der Waals surface area contributed by atoms with Crippen molar-refractivity contribution in [3.63, 3.8) is 0 Å². The largest absolute Gasteiger partial charge is 0.380 e. The summed E-state index contributed by atoms with van der Waals surface area (Å²) in [6.45, 7) is 2.67. The zero-order valence-electron chi connectivity index (χ0n) is 5.51. The second-order valence-corrected chi connectivity index (χ2v) is 3.55. The van der Waals surface area contributed by atoms with Gasteiger partial charge in [0.25, 0.3) is 0 Å². The first kappa shape index (κ1) is 7.38. The standard InChI is InChI=1S/C6H13NOS/c7-2-4-9-6-1-3-8-5-6/h6H,1-5,7H2. The van der Waals surface area contributed by atoms with Crippen LogP contribution in [-0.4, -0.2) is 30.8 Å². The van der Waals surface area contributed by atoms with E-state index >= 15 is 0 Å². The van der Waals surface area contributed by atoms with E-state index < -0.39 is 0 Å². The molecule has 0 aliphatic carbocycles. The van der Waals surface area contributed by atoms with Crippen LogP contribution in [0.4, 0.5) is 0 Å². The number of hydrogen-bond acceptors (Lipinski definition) is 3. The third-order valence-corrected chi connectivity index (χ3v) is 2.67. The van der Waals surface area contributed by atoms with Crippen LogP contribution in [0.25, 0.3) is 0 Å². The molecule has 1 unspecified atom stereocenters. The van der Waals surface area contributed by atoms with Crippen molar-refractivity contribution in [2.75, 3.05) is 25.5 Å². The molecule has 1 fully saturated rings. The summed E-state index contributed by atoms with van der Waals surface area (Å²) < 4.78 is 5.19. The number of nitrogens with two attached hydrogens (primary N) is 1. The highest BCUT2D eigenvalue weighted by Gasteiger charge is 2.14. The van der Waals surface area contributed by atoms with Crippen LogP contribution in [0.2, 0.25) is 0 Å². The van der Waals surface area contributed by atoms with Gasteiger partial charge in [-0.1, -0.05) is 0 Å². The third kappa shape index (κ3) is 2.56. The van der Waals surface area contributed by atoms with E-state index in [0.717, 1.165) is 30.8 Å². The van der Waals surface area contributed by atoms with Crippen LogP contribution in [0.1, 0.15) is 6.42 Å². The number of hydrogen-bond donors (Lipinski definition) is 1. The number of thioether (sulfide) groups is 1. The van der Waals surface area contributed by atoms with E-state index in [-0.39, 0.29) is 0 Å². The highest BCUT2D eigenvalue weighted by Crippen LogP contribution is 2.18. The molecule has 1 aliphatic rings. The van der Waals surface area contributed by atoms with Gasteiger partial charge in [0.2, 0.25) is 0 Å². The van der Waals surface area contributed by atoms with Gasteiger partial charge in [0.05, 0.1) is 6.61 Å². The van der Waals surface area contributed by atoms with Crippen LogP contribution >= 0.6 is 11.8 Å². The van der Waals surface area contributed by atoms with Crippen LogP contribution in [0, 0.1) is 0 Å². The summed E-state index contributed by atoms with van der Waals surface area (Å²) in [4.78, 5) is 0. The lowest BCUT2D eigenvalue weighted by Crippen LogP contribution is -2.08. The smallest absolute Gasteiger partial charge is 0.0585 e. The Labute approximate surface area is 60.1 Å². The molecule has 1 rings (SSSR count). The van der Waals surface area contributed by atoms with Crippen LogP contribution in [0.15, 0.2) is 0 Å². The van der Waals surface area contributed by atoms with Gasteiger partial charge in [0, 0.05) is 24.2 Å². The van der Waals surface area contributed by atoms with E-state index in [1.54, 1.807) is 0 Å².